The van der Waals surface area contributed by atoms with Crippen molar-refractivity contribution in [3.63, 3.8) is 0 Å². The number of rotatable bonds is 5. The number of amidine groups is 1. The molecule has 2 fully saturated rings. The van der Waals surface area contributed by atoms with Crippen LogP contribution in [0.5, 0.6) is 0 Å². The maximum absolute atomic E-state index is 13.5. The minimum absolute atomic E-state index is 0.0200. The summed E-state index contributed by atoms with van der Waals surface area (Å²) < 4.78 is 92.8. The van der Waals surface area contributed by atoms with Crippen molar-refractivity contribution in [1.82, 2.24) is 4.90 Å². The second kappa shape index (κ2) is 10.7. The van der Waals surface area contributed by atoms with E-state index in [1.807, 2.05) is 36.1 Å². The first-order valence-electron chi connectivity index (χ1n) is 13.0. The lowest BCUT2D eigenvalue weighted by atomic mass is 9.68. The largest absolute Gasteiger partial charge is 0.455 e. The number of benzene rings is 2. The first kappa shape index (κ1) is 28.4. The number of aliphatic hydroxyl groups is 1. The molecule has 2 aromatic rings. The van der Waals surface area contributed by atoms with Gasteiger partial charge in [-0.25, -0.2) is 0 Å². The van der Waals surface area contributed by atoms with Crippen LogP contribution in [0.2, 0.25) is 0 Å². The number of aliphatic hydroxyl groups excluding tert-OH is 1. The summed E-state index contributed by atoms with van der Waals surface area (Å²) in [5, 5.41) is 10.1. The van der Waals surface area contributed by atoms with E-state index in [9.17, 15) is 36.2 Å². The Morgan fingerprint density at radius 3 is 2.30 bits per heavy atom. The van der Waals surface area contributed by atoms with Gasteiger partial charge in [-0.3, -0.25) is 4.79 Å². The molecule has 2 heterocycles. The molecule has 1 N–H and O–H groups in total. The molecule has 5 rings (SSSR count). The van der Waals surface area contributed by atoms with Crippen molar-refractivity contribution >= 4 is 11.9 Å². The first-order chi connectivity index (χ1) is 18.8. The number of aliphatic imine (C=N–C) groups is 1. The Morgan fingerprint density at radius 2 is 1.73 bits per heavy atom. The number of alkyl halides is 6. The molecule has 2 aliphatic heterocycles. The number of aryl methyl sites for hydroxylation is 1. The van der Waals surface area contributed by atoms with E-state index in [1.165, 1.54) is 0 Å². The highest BCUT2D eigenvalue weighted by Crippen LogP contribution is 2.49. The van der Waals surface area contributed by atoms with Crippen LogP contribution in [0.25, 0.3) is 0 Å². The zero-order chi connectivity index (χ0) is 28.8. The van der Waals surface area contributed by atoms with Crippen molar-refractivity contribution in [2.75, 3.05) is 26.3 Å². The monoisotopic (exact) mass is 570 g/mol. The molecule has 3 aliphatic rings. The smallest absolute Gasteiger partial charge is 0.416 e. The molecule has 12 heteroatoms. The maximum Gasteiger partial charge on any atom is 0.416 e. The van der Waals surface area contributed by atoms with Crippen LogP contribution in [0.3, 0.4) is 0 Å². The summed E-state index contributed by atoms with van der Waals surface area (Å²) in [6.45, 7) is 2.09. The summed E-state index contributed by atoms with van der Waals surface area (Å²) in [5.74, 6) is -0.492. The molecule has 1 amide bonds. The van der Waals surface area contributed by atoms with Crippen molar-refractivity contribution in [2.45, 2.75) is 50.2 Å². The molecule has 40 heavy (non-hydrogen) atoms. The van der Waals surface area contributed by atoms with Crippen LogP contribution in [0, 0.1) is 18.8 Å². The summed E-state index contributed by atoms with van der Waals surface area (Å²) in [6, 6.07) is 9.14. The predicted molar refractivity (Wildman–Crippen MR) is 131 cm³/mol. The third-order valence-electron chi connectivity index (χ3n) is 8.03. The Bertz CT molecular complexity index is 1260. The van der Waals surface area contributed by atoms with E-state index in [1.54, 1.807) is 0 Å². The highest BCUT2D eigenvalue weighted by Gasteiger charge is 2.48. The number of hydrogen-bond donors (Lipinski definition) is 1. The molecular formula is C28H28F6N2O4. The number of likely N-dealkylation sites (tertiary alicyclic amines) is 1. The molecule has 6 nitrogen and oxygen atoms in total. The first-order valence-corrected chi connectivity index (χ1v) is 13.0. The van der Waals surface area contributed by atoms with Crippen LogP contribution in [0.4, 0.5) is 26.3 Å². The summed E-state index contributed by atoms with van der Waals surface area (Å²) in [4.78, 5) is 17.5. The molecule has 1 saturated heterocycles. The second-order valence-corrected chi connectivity index (χ2v) is 10.6. The molecule has 5 atom stereocenters. The SMILES string of the molecule is Cc1ccccc1[C@H]1[C@@H]2CN(C3=NC(=O)CO3)C[C@H]2CC[C@@H]1O[C@H](CO)c1cc(C(F)(F)F)cc(C(F)(F)F)c1. The van der Waals surface area contributed by atoms with Crippen molar-refractivity contribution in [1.29, 1.82) is 0 Å². The van der Waals surface area contributed by atoms with E-state index >= 15 is 0 Å². The lowest BCUT2D eigenvalue weighted by Crippen LogP contribution is -2.39. The molecule has 2 aromatic carbocycles. The molecule has 0 aromatic heterocycles. The van der Waals surface area contributed by atoms with Gasteiger partial charge in [-0.05, 0) is 66.5 Å². The van der Waals surface area contributed by atoms with Gasteiger partial charge >= 0.3 is 12.4 Å². The van der Waals surface area contributed by atoms with E-state index in [0.717, 1.165) is 11.1 Å². The van der Waals surface area contributed by atoms with Gasteiger partial charge in [0.15, 0.2) is 6.61 Å². The third-order valence-corrected chi connectivity index (χ3v) is 8.03. The number of ether oxygens (including phenoxy) is 2. The van der Waals surface area contributed by atoms with Crippen LogP contribution in [-0.2, 0) is 26.6 Å². The Labute approximate surface area is 226 Å². The number of amides is 1. The van der Waals surface area contributed by atoms with Gasteiger partial charge < -0.3 is 19.5 Å². The predicted octanol–water partition coefficient (Wildman–Crippen LogP) is 5.49. The molecular weight excluding hydrogens is 542 g/mol. The Hall–Kier alpha value is -3.12. The number of fused-ring (bicyclic) bond motifs is 1. The summed E-state index contributed by atoms with van der Waals surface area (Å²) >= 11 is 0. The molecule has 0 radical (unpaired) electrons. The minimum Gasteiger partial charge on any atom is -0.455 e. The quantitative estimate of drug-likeness (QED) is 0.482. The van der Waals surface area contributed by atoms with Gasteiger partial charge in [0.05, 0.1) is 23.8 Å². The minimum atomic E-state index is -5.02. The van der Waals surface area contributed by atoms with E-state index in [2.05, 4.69) is 4.99 Å². The normalized spacial score (nSPS) is 25.9. The topological polar surface area (TPSA) is 71.4 Å². The van der Waals surface area contributed by atoms with Crippen LogP contribution in [0.15, 0.2) is 47.5 Å². The van der Waals surface area contributed by atoms with Crippen LogP contribution in [0.1, 0.15) is 52.7 Å². The van der Waals surface area contributed by atoms with E-state index in [4.69, 9.17) is 9.47 Å². The average Bonchev–Trinajstić information content (AvgIpc) is 3.52. The van der Waals surface area contributed by atoms with Gasteiger partial charge in [-0.2, -0.15) is 31.3 Å². The zero-order valence-corrected chi connectivity index (χ0v) is 21.5. The average molecular weight is 571 g/mol. The maximum atomic E-state index is 13.5. The van der Waals surface area contributed by atoms with Crippen molar-refractivity contribution < 1.29 is 45.7 Å². The van der Waals surface area contributed by atoms with Gasteiger partial charge in [0.2, 0.25) is 0 Å². The molecule has 1 aliphatic carbocycles. The van der Waals surface area contributed by atoms with E-state index < -0.39 is 47.9 Å². The molecule has 216 valence electrons. The molecule has 0 unspecified atom stereocenters. The van der Waals surface area contributed by atoms with Crippen molar-refractivity contribution in [3.05, 3.63) is 70.3 Å². The number of nitrogens with zero attached hydrogens (tertiary/aromatic N) is 2. The highest BCUT2D eigenvalue weighted by atomic mass is 19.4. The van der Waals surface area contributed by atoms with Gasteiger partial charge in [0.1, 0.15) is 6.10 Å². The number of carbonyl (C=O) groups excluding carboxylic acids is 1. The zero-order valence-electron chi connectivity index (χ0n) is 21.5. The van der Waals surface area contributed by atoms with E-state index in [0.29, 0.717) is 38.1 Å². The fraction of sp³-hybridized carbons (Fsp3) is 0.500. The second-order valence-electron chi connectivity index (χ2n) is 10.6. The molecule has 0 bridgehead atoms. The Morgan fingerprint density at radius 1 is 1.05 bits per heavy atom. The Balaban J connectivity index is 1.49. The number of hydrogen-bond acceptors (Lipinski definition) is 5. The Kier molecular flexibility index (Phi) is 7.60. The fourth-order valence-corrected chi connectivity index (χ4v) is 6.21. The highest BCUT2D eigenvalue weighted by molar-refractivity contribution is 5.96. The fourth-order valence-electron chi connectivity index (χ4n) is 6.21. The summed E-state index contributed by atoms with van der Waals surface area (Å²) in [5.41, 5.74) is -1.40. The standard InChI is InChI=1S/C28H28F6N2O4/c1-15-4-2-3-5-20(15)25-21-12-36(26-35-24(38)14-39-26)11-16(21)6-7-22(25)40-23(13-37)17-8-18(27(29,30)31)10-19(9-17)28(32,33)34/h2-5,8-10,16,21-23,25,37H,6-7,11-14H2,1H3/t16-,21-,22+,23-,25+/m1/s1. The summed E-state index contributed by atoms with van der Waals surface area (Å²) in [7, 11) is 0. The van der Waals surface area contributed by atoms with Gasteiger partial charge in [0, 0.05) is 19.0 Å². The number of carbonyl (C=O) groups is 1. The molecule has 0 spiro atoms. The van der Waals surface area contributed by atoms with Crippen LogP contribution in [-0.4, -0.2) is 54.3 Å². The van der Waals surface area contributed by atoms with Crippen molar-refractivity contribution in [3.8, 4) is 0 Å². The summed E-state index contributed by atoms with van der Waals surface area (Å²) in [6.07, 6.45) is -10.9. The van der Waals surface area contributed by atoms with Crippen molar-refractivity contribution in [2.24, 2.45) is 16.8 Å². The molecule has 1 saturated carbocycles. The van der Waals surface area contributed by atoms with Crippen LogP contribution < -0.4 is 0 Å². The lowest BCUT2D eigenvalue weighted by molar-refractivity contribution is -0.143. The van der Waals surface area contributed by atoms with Gasteiger partial charge in [0.25, 0.3) is 11.9 Å². The number of halogens is 6. The van der Waals surface area contributed by atoms with E-state index in [-0.39, 0.29) is 42.4 Å². The van der Waals surface area contributed by atoms with Gasteiger partial charge in [-0.15, -0.1) is 0 Å². The van der Waals surface area contributed by atoms with Crippen LogP contribution >= 0.6 is 0 Å². The van der Waals surface area contributed by atoms with Gasteiger partial charge in [-0.1, -0.05) is 24.3 Å². The third kappa shape index (κ3) is 5.69. The lowest BCUT2D eigenvalue weighted by Gasteiger charge is -2.41.